The van der Waals surface area contributed by atoms with Crippen LogP contribution in [0.25, 0.3) is 0 Å². The summed E-state index contributed by atoms with van der Waals surface area (Å²) in [7, 11) is 0. The first-order valence-electron chi connectivity index (χ1n) is 4.74. The van der Waals surface area contributed by atoms with E-state index in [2.05, 4.69) is 17.2 Å². The lowest BCUT2D eigenvalue weighted by Crippen LogP contribution is -2.46. The van der Waals surface area contributed by atoms with Crippen LogP contribution in [0.2, 0.25) is 0 Å². The summed E-state index contributed by atoms with van der Waals surface area (Å²) in [6.45, 7) is 4.92. The Morgan fingerprint density at radius 1 is 1.50 bits per heavy atom. The molecule has 0 aromatic carbocycles. The molecule has 0 saturated carbocycles. The van der Waals surface area contributed by atoms with Crippen LogP contribution >= 0.6 is 0 Å². The second-order valence-electron chi connectivity index (χ2n) is 3.69. The lowest BCUT2D eigenvalue weighted by Gasteiger charge is -2.33. The molecule has 0 aromatic heterocycles. The van der Waals surface area contributed by atoms with Crippen molar-refractivity contribution in [2.45, 2.75) is 31.8 Å². The average molecular weight is 168 g/mol. The Hall–Kier alpha value is -0.570. The molecule has 2 heterocycles. The minimum atomic E-state index is -0.102. The third-order valence-electron chi connectivity index (χ3n) is 2.64. The Morgan fingerprint density at radius 2 is 2.42 bits per heavy atom. The van der Waals surface area contributed by atoms with Gasteiger partial charge in [-0.1, -0.05) is 0 Å². The molecule has 3 nitrogen and oxygen atoms in total. The molecule has 0 spiro atoms. The van der Waals surface area contributed by atoms with Gasteiger partial charge in [0.1, 0.15) is 11.4 Å². The van der Waals surface area contributed by atoms with Crippen LogP contribution < -0.4 is 5.32 Å². The van der Waals surface area contributed by atoms with E-state index in [0.717, 1.165) is 32.0 Å². The quantitative estimate of drug-likeness (QED) is 0.632. The highest BCUT2D eigenvalue weighted by atomic mass is 16.5. The zero-order valence-corrected chi connectivity index (χ0v) is 7.60. The van der Waals surface area contributed by atoms with Gasteiger partial charge in [-0.3, -0.25) is 4.99 Å². The van der Waals surface area contributed by atoms with Gasteiger partial charge in [0.2, 0.25) is 0 Å². The van der Waals surface area contributed by atoms with E-state index in [1.807, 2.05) is 0 Å². The molecule has 1 saturated heterocycles. The highest BCUT2D eigenvalue weighted by Crippen LogP contribution is 2.25. The Labute approximate surface area is 73.2 Å². The topological polar surface area (TPSA) is 33.6 Å². The van der Waals surface area contributed by atoms with Gasteiger partial charge in [-0.05, 0) is 26.2 Å². The third-order valence-corrected chi connectivity index (χ3v) is 2.64. The van der Waals surface area contributed by atoms with Gasteiger partial charge in [0.25, 0.3) is 0 Å². The first kappa shape index (κ1) is 8.05. The van der Waals surface area contributed by atoms with Crippen LogP contribution in [0.4, 0.5) is 0 Å². The van der Waals surface area contributed by atoms with Crippen LogP contribution in [0, 0.1) is 0 Å². The van der Waals surface area contributed by atoms with Gasteiger partial charge in [-0.25, -0.2) is 0 Å². The lowest BCUT2D eigenvalue weighted by molar-refractivity contribution is -0.0168. The van der Waals surface area contributed by atoms with Gasteiger partial charge in [0.05, 0.1) is 6.54 Å². The van der Waals surface area contributed by atoms with Crippen molar-refractivity contribution in [1.82, 2.24) is 5.32 Å². The number of nitrogens with one attached hydrogen (secondary N) is 1. The first-order chi connectivity index (χ1) is 5.81. The number of aliphatic imine (C=N–C) groups is 1. The van der Waals surface area contributed by atoms with E-state index < -0.39 is 0 Å². The maximum Gasteiger partial charge on any atom is 0.129 e. The van der Waals surface area contributed by atoms with Crippen molar-refractivity contribution in [3.8, 4) is 0 Å². The summed E-state index contributed by atoms with van der Waals surface area (Å²) in [5, 5.41) is 3.29. The predicted octanol–water partition coefficient (Wildman–Crippen LogP) is 0.947. The molecule has 1 N–H and O–H groups in total. The molecule has 0 radical (unpaired) electrons. The van der Waals surface area contributed by atoms with E-state index in [9.17, 15) is 0 Å². The monoisotopic (exact) mass is 168 g/mol. The average Bonchev–Trinajstić information content (AvgIpc) is 2.58. The highest BCUT2D eigenvalue weighted by Gasteiger charge is 2.34. The summed E-state index contributed by atoms with van der Waals surface area (Å²) in [6.07, 6.45) is 3.57. The van der Waals surface area contributed by atoms with Crippen LogP contribution in [0.15, 0.2) is 4.99 Å². The van der Waals surface area contributed by atoms with Crippen LogP contribution in [-0.4, -0.2) is 31.1 Å². The van der Waals surface area contributed by atoms with E-state index in [0.29, 0.717) is 0 Å². The smallest absolute Gasteiger partial charge is 0.129 e. The normalized spacial score (nSPS) is 35.9. The molecule has 1 unspecified atom stereocenters. The Morgan fingerprint density at radius 3 is 3.00 bits per heavy atom. The fraction of sp³-hybridized carbons (Fsp3) is 0.889. The molecule has 3 heteroatoms. The minimum Gasteiger partial charge on any atom is -0.370 e. The molecule has 2 aliphatic rings. The van der Waals surface area contributed by atoms with Crippen LogP contribution in [0.3, 0.4) is 0 Å². The SMILES string of the molecule is CC1(C2=NCCN2)CCCCO1. The van der Waals surface area contributed by atoms with Gasteiger partial charge in [-0.15, -0.1) is 0 Å². The summed E-state index contributed by atoms with van der Waals surface area (Å²) in [5.74, 6) is 1.07. The zero-order valence-electron chi connectivity index (χ0n) is 7.60. The van der Waals surface area contributed by atoms with Crippen molar-refractivity contribution < 1.29 is 4.74 Å². The standard InChI is InChI=1S/C9H16N2O/c1-9(4-2-3-7-12-9)8-10-5-6-11-8/h2-7H2,1H3,(H,10,11). The maximum absolute atomic E-state index is 5.76. The summed E-state index contributed by atoms with van der Waals surface area (Å²) >= 11 is 0. The molecule has 0 aromatic rings. The largest absolute Gasteiger partial charge is 0.370 e. The van der Waals surface area contributed by atoms with Gasteiger partial charge in [-0.2, -0.15) is 0 Å². The maximum atomic E-state index is 5.76. The molecule has 0 bridgehead atoms. The molecule has 2 rings (SSSR count). The van der Waals surface area contributed by atoms with Crippen LogP contribution in [0.5, 0.6) is 0 Å². The van der Waals surface area contributed by atoms with Gasteiger partial charge >= 0.3 is 0 Å². The number of amidine groups is 1. The molecule has 1 atom stereocenters. The van der Waals surface area contributed by atoms with Crippen molar-refractivity contribution in [1.29, 1.82) is 0 Å². The van der Waals surface area contributed by atoms with Crippen molar-refractivity contribution in [2.24, 2.45) is 4.99 Å². The van der Waals surface area contributed by atoms with Gasteiger partial charge in [0, 0.05) is 13.2 Å². The second-order valence-corrected chi connectivity index (χ2v) is 3.69. The van der Waals surface area contributed by atoms with E-state index in [4.69, 9.17) is 4.74 Å². The van der Waals surface area contributed by atoms with Crippen LogP contribution in [-0.2, 0) is 4.74 Å². The molecular weight excluding hydrogens is 152 g/mol. The van der Waals surface area contributed by atoms with E-state index >= 15 is 0 Å². The van der Waals surface area contributed by atoms with E-state index in [1.165, 1.54) is 12.8 Å². The summed E-state index contributed by atoms with van der Waals surface area (Å²) in [6, 6.07) is 0. The fourth-order valence-electron chi connectivity index (χ4n) is 1.87. The van der Waals surface area contributed by atoms with Crippen molar-refractivity contribution in [2.75, 3.05) is 19.7 Å². The van der Waals surface area contributed by atoms with Gasteiger partial charge in [0.15, 0.2) is 0 Å². The van der Waals surface area contributed by atoms with Crippen LogP contribution in [0.1, 0.15) is 26.2 Å². The molecule has 12 heavy (non-hydrogen) atoms. The molecule has 1 fully saturated rings. The summed E-state index contributed by atoms with van der Waals surface area (Å²) in [4.78, 5) is 4.41. The molecular formula is C9H16N2O. The van der Waals surface area contributed by atoms with Crippen molar-refractivity contribution in [3.63, 3.8) is 0 Å². The molecule has 0 amide bonds. The zero-order chi connectivity index (χ0) is 8.44. The Kier molecular flexibility index (Phi) is 2.05. The van der Waals surface area contributed by atoms with Crippen molar-refractivity contribution in [3.05, 3.63) is 0 Å². The van der Waals surface area contributed by atoms with Gasteiger partial charge < -0.3 is 10.1 Å². The molecule has 0 aliphatic carbocycles. The first-order valence-corrected chi connectivity index (χ1v) is 4.74. The Balaban J connectivity index is 2.07. The van der Waals surface area contributed by atoms with E-state index in [-0.39, 0.29) is 5.60 Å². The highest BCUT2D eigenvalue weighted by molar-refractivity contribution is 5.91. The number of nitrogens with zero attached hydrogens (tertiary/aromatic N) is 1. The predicted molar refractivity (Wildman–Crippen MR) is 48.5 cm³/mol. The second kappa shape index (κ2) is 3.05. The number of hydrogen-bond acceptors (Lipinski definition) is 3. The molecule has 68 valence electrons. The molecule has 2 aliphatic heterocycles. The number of hydrogen-bond donors (Lipinski definition) is 1. The fourth-order valence-corrected chi connectivity index (χ4v) is 1.87. The minimum absolute atomic E-state index is 0.102. The third kappa shape index (κ3) is 1.33. The summed E-state index contributed by atoms with van der Waals surface area (Å²) < 4.78 is 5.76. The summed E-state index contributed by atoms with van der Waals surface area (Å²) in [5.41, 5.74) is -0.102. The number of rotatable bonds is 1. The lowest BCUT2D eigenvalue weighted by atomic mass is 9.95. The number of ether oxygens (including phenoxy) is 1. The van der Waals surface area contributed by atoms with Crippen molar-refractivity contribution >= 4 is 5.84 Å². The van der Waals surface area contributed by atoms with E-state index in [1.54, 1.807) is 0 Å². The Bertz CT molecular complexity index is 195.